The molecule has 1 spiro atoms. The van der Waals surface area contributed by atoms with E-state index >= 15 is 0 Å². The summed E-state index contributed by atoms with van der Waals surface area (Å²) in [5.41, 5.74) is 0.820. The van der Waals surface area contributed by atoms with E-state index < -0.39 is 0 Å². The first-order valence-corrected chi connectivity index (χ1v) is 14.0. The van der Waals surface area contributed by atoms with Crippen molar-refractivity contribution >= 4 is 5.97 Å². The highest BCUT2D eigenvalue weighted by Gasteiger charge is 2.76. The molecule has 32 heavy (non-hydrogen) atoms. The van der Waals surface area contributed by atoms with E-state index in [1.807, 2.05) is 0 Å². The zero-order chi connectivity index (χ0) is 22.9. The second-order valence-electron chi connectivity index (χ2n) is 13.5. The topological polar surface area (TPSA) is 38.8 Å². The highest BCUT2D eigenvalue weighted by atomic mass is 16.6. The van der Waals surface area contributed by atoms with Crippen molar-refractivity contribution in [2.45, 2.75) is 130 Å². The van der Waals surface area contributed by atoms with Crippen LogP contribution in [-0.2, 0) is 14.3 Å². The summed E-state index contributed by atoms with van der Waals surface area (Å²) in [6, 6.07) is 0. The Morgan fingerprint density at radius 3 is 2.53 bits per heavy atom. The Balaban J connectivity index is 1.30. The van der Waals surface area contributed by atoms with Crippen LogP contribution in [0.3, 0.4) is 0 Å². The average molecular weight is 445 g/mol. The van der Waals surface area contributed by atoms with Crippen LogP contribution in [0.1, 0.15) is 112 Å². The monoisotopic (exact) mass is 444 g/mol. The standard InChI is InChI=1S/C29H48O3/c1-18(2)8-7-9-19(3)23-10-11-24-22-16-26-29(32-26)17-21(31-20(4)30)12-15-28(29,6)25(22)13-14-27(23,24)5/h18-19,21-26H,7-17H2,1-6H3/t19-,21-,22+,23+,24-,25-,26+,27-,28-,29+/m1/s1. The lowest BCUT2D eigenvalue weighted by Gasteiger charge is -2.59. The van der Waals surface area contributed by atoms with Crippen LogP contribution in [0.25, 0.3) is 0 Å². The molecule has 0 aromatic heterocycles. The number of ether oxygens (including phenoxy) is 2. The number of carbonyl (C=O) groups is 1. The smallest absolute Gasteiger partial charge is 0.302 e. The molecule has 0 radical (unpaired) electrons. The van der Waals surface area contributed by atoms with Crippen LogP contribution < -0.4 is 0 Å². The SMILES string of the molecule is CC(=O)O[C@@H]1CC[C@]2(C)[C@@H]3CC[C@@]4(C)[C@H](CC[C@H]4[C@H](C)CCCC(C)C)[C@@H]3C[C@@H]3O[C@@]32C1. The van der Waals surface area contributed by atoms with Gasteiger partial charge in [0.25, 0.3) is 0 Å². The van der Waals surface area contributed by atoms with Crippen molar-refractivity contribution in [3.05, 3.63) is 0 Å². The minimum absolute atomic E-state index is 0.00240. The van der Waals surface area contributed by atoms with E-state index in [4.69, 9.17) is 9.47 Å². The zero-order valence-corrected chi connectivity index (χ0v) is 21.6. The molecule has 182 valence electrons. The summed E-state index contributed by atoms with van der Waals surface area (Å²) in [7, 11) is 0. The number of epoxide rings is 1. The Morgan fingerprint density at radius 1 is 1.03 bits per heavy atom. The first kappa shape index (κ1) is 23.2. The van der Waals surface area contributed by atoms with Gasteiger partial charge in [-0.3, -0.25) is 4.79 Å². The quantitative estimate of drug-likeness (QED) is 0.322. The number of hydrogen-bond donors (Lipinski definition) is 0. The predicted octanol–water partition coefficient (Wildman–Crippen LogP) is 7.17. The molecule has 5 aliphatic rings. The van der Waals surface area contributed by atoms with Gasteiger partial charge in [0, 0.05) is 18.8 Å². The fourth-order valence-corrected chi connectivity index (χ4v) is 10.00. The van der Waals surface area contributed by atoms with Crippen LogP contribution in [-0.4, -0.2) is 23.8 Å². The Bertz CT molecular complexity index is 732. The van der Waals surface area contributed by atoms with Crippen molar-refractivity contribution in [2.24, 2.45) is 46.3 Å². The number of rotatable bonds is 6. The normalized spacial score (nSPS) is 50.1. The van der Waals surface area contributed by atoms with E-state index in [0.717, 1.165) is 48.3 Å². The Morgan fingerprint density at radius 2 is 1.81 bits per heavy atom. The maximum absolute atomic E-state index is 11.6. The van der Waals surface area contributed by atoms with E-state index in [9.17, 15) is 4.79 Å². The van der Waals surface area contributed by atoms with Gasteiger partial charge < -0.3 is 9.47 Å². The molecule has 3 nitrogen and oxygen atoms in total. The number of hydrogen-bond acceptors (Lipinski definition) is 3. The molecule has 1 heterocycles. The zero-order valence-electron chi connectivity index (χ0n) is 21.6. The molecule has 0 bridgehead atoms. The van der Waals surface area contributed by atoms with Gasteiger partial charge in [0.05, 0.1) is 6.10 Å². The van der Waals surface area contributed by atoms with Crippen LogP contribution in [0.5, 0.6) is 0 Å². The van der Waals surface area contributed by atoms with Gasteiger partial charge in [-0.2, -0.15) is 0 Å². The molecule has 10 atom stereocenters. The summed E-state index contributed by atoms with van der Waals surface area (Å²) in [6.07, 6.45) is 14.8. The van der Waals surface area contributed by atoms with Crippen molar-refractivity contribution in [3.63, 3.8) is 0 Å². The number of esters is 1. The Labute approximate surface area is 196 Å². The molecule has 5 fully saturated rings. The number of fused-ring (bicyclic) bond motifs is 4. The van der Waals surface area contributed by atoms with E-state index in [0.29, 0.717) is 11.5 Å². The van der Waals surface area contributed by atoms with Crippen molar-refractivity contribution in [2.75, 3.05) is 0 Å². The van der Waals surface area contributed by atoms with E-state index in [2.05, 4.69) is 34.6 Å². The van der Waals surface area contributed by atoms with Gasteiger partial charge in [0.1, 0.15) is 11.7 Å². The van der Waals surface area contributed by atoms with E-state index in [-0.39, 0.29) is 23.1 Å². The van der Waals surface area contributed by atoms with Gasteiger partial charge >= 0.3 is 5.97 Å². The minimum atomic E-state index is -0.131. The van der Waals surface area contributed by atoms with Crippen LogP contribution in [0.4, 0.5) is 0 Å². The second kappa shape index (κ2) is 7.99. The lowest BCUT2D eigenvalue weighted by atomic mass is 9.44. The van der Waals surface area contributed by atoms with Gasteiger partial charge in [0.2, 0.25) is 0 Å². The molecule has 1 saturated heterocycles. The summed E-state index contributed by atoms with van der Waals surface area (Å²) >= 11 is 0. The molecule has 0 unspecified atom stereocenters. The van der Waals surface area contributed by atoms with Crippen molar-refractivity contribution < 1.29 is 14.3 Å². The summed E-state index contributed by atoms with van der Waals surface area (Å²) in [6.45, 7) is 14.1. The summed E-state index contributed by atoms with van der Waals surface area (Å²) < 4.78 is 12.3. The highest BCUT2D eigenvalue weighted by molar-refractivity contribution is 5.66. The molecular weight excluding hydrogens is 396 g/mol. The van der Waals surface area contributed by atoms with Gasteiger partial charge in [-0.1, -0.05) is 53.9 Å². The van der Waals surface area contributed by atoms with Crippen molar-refractivity contribution in [1.29, 1.82) is 0 Å². The molecule has 0 N–H and O–H groups in total. The van der Waals surface area contributed by atoms with Gasteiger partial charge in [-0.15, -0.1) is 0 Å². The van der Waals surface area contributed by atoms with Crippen molar-refractivity contribution in [1.82, 2.24) is 0 Å². The fraction of sp³-hybridized carbons (Fsp3) is 0.966. The third-order valence-electron chi connectivity index (χ3n) is 11.6. The van der Waals surface area contributed by atoms with Crippen LogP contribution in [0, 0.1) is 46.3 Å². The van der Waals surface area contributed by atoms with Crippen molar-refractivity contribution in [3.8, 4) is 0 Å². The summed E-state index contributed by atoms with van der Waals surface area (Å²) in [4.78, 5) is 11.6. The average Bonchev–Trinajstić information content (AvgIpc) is 3.28. The molecular formula is C29H48O3. The van der Waals surface area contributed by atoms with Crippen LogP contribution in [0.2, 0.25) is 0 Å². The predicted molar refractivity (Wildman–Crippen MR) is 128 cm³/mol. The lowest BCUT2D eigenvalue weighted by molar-refractivity contribution is -0.157. The Hall–Kier alpha value is -0.570. The third kappa shape index (κ3) is 3.42. The summed E-state index contributed by atoms with van der Waals surface area (Å²) in [5, 5.41) is 0. The second-order valence-corrected chi connectivity index (χ2v) is 13.5. The van der Waals surface area contributed by atoms with E-state index in [1.165, 1.54) is 57.8 Å². The van der Waals surface area contributed by atoms with Gasteiger partial charge in [-0.25, -0.2) is 0 Å². The largest absolute Gasteiger partial charge is 0.462 e. The molecule has 4 aliphatic carbocycles. The van der Waals surface area contributed by atoms with Crippen LogP contribution in [0.15, 0.2) is 0 Å². The van der Waals surface area contributed by atoms with Gasteiger partial charge in [0.15, 0.2) is 0 Å². The molecule has 3 heteroatoms. The first-order valence-electron chi connectivity index (χ1n) is 14.0. The molecule has 5 rings (SSSR count). The maximum atomic E-state index is 11.6. The molecule has 0 aromatic carbocycles. The van der Waals surface area contributed by atoms with Gasteiger partial charge in [-0.05, 0) is 85.9 Å². The fourth-order valence-electron chi connectivity index (χ4n) is 10.00. The molecule has 0 aromatic rings. The van der Waals surface area contributed by atoms with E-state index in [1.54, 1.807) is 6.92 Å². The molecule has 4 saturated carbocycles. The third-order valence-corrected chi connectivity index (χ3v) is 11.6. The Kier molecular flexibility index (Phi) is 5.79. The molecule has 0 amide bonds. The maximum Gasteiger partial charge on any atom is 0.302 e. The number of carbonyl (C=O) groups excluding carboxylic acids is 1. The van der Waals surface area contributed by atoms with Crippen LogP contribution >= 0.6 is 0 Å². The first-order chi connectivity index (χ1) is 15.1. The minimum Gasteiger partial charge on any atom is -0.462 e. The summed E-state index contributed by atoms with van der Waals surface area (Å²) in [5.74, 6) is 5.03. The highest BCUT2D eigenvalue weighted by Crippen LogP contribution is 2.74. The molecule has 1 aliphatic heterocycles. The lowest BCUT2D eigenvalue weighted by Crippen LogP contribution is -2.59.